The lowest BCUT2D eigenvalue weighted by molar-refractivity contribution is 0.103. The number of nitrogens with one attached hydrogen (secondary N) is 1. The largest absolute Gasteiger partial charge is 0.490 e. The molecule has 0 aromatic heterocycles. The zero-order valence-corrected chi connectivity index (χ0v) is 12.3. The summed E-state index contributed by atoms with van der Waals surface area (Å²) in [6.07, 6.45) is -0.517. The molecule has 0 saturated heterocycles. The SMILES string of the molecule is COCCNCC(O)COc1c(C)ccc(C)c1C. The van der Waals surface area contributed by atoms with Crippen molar-refractivity contribution < 1.29 is 14.6 Å². The lowest BCUT2D eigenvalue weighted by Gasteiger charge is -2.17. The van der Waals surface area contributed by atoms with E-state index in [1.807, 2.05) is 19.9 Å². The van der Waals surface area contributed by atoms with Gasteiger partial charge in [-0.1, -0.05) is 12.1 Å². The molecule has 108 valence electrons. The highest BCUT2D eigenvalue weighted by Gasteiger charge is 2.09. The quantitative estimate of drug-likeness (QED) is 0.702. The molecule has 0 aliphatic heterocycles. The minimum atomic E-state index is -0.517. The number of benzene rings is 1. The molecule has 2 N–H and O–H groups in total. The molecule has 0 radical (unpaired) electrons. The lowest BCUT2D eigenvalue weighted by Crippen LogP contribution is -2.33. The summed E-state index contributed by atoms with van der Waals surface area (Å²) in [6, 6.07) is 4.13. The number of aliphatic hydroxyl groups excluding tert-OH is 1. The molecule has 4 heteroatoms. The van der Waals surface area contributed by atoms with Crippen LogP contribution in [0.1, 0.15) is 16.7 Å². The van der Waals surface area contributed by atoms with Crippen LogP contribution in [0.2, 0.25) is 0 Å². The van der Waals surface area contributed by atoms with Crippen molar-refractivity contribution in [3.05, 3.63) is 28.8 Å². The average molecular weight is 267 g/mol. The van der Waals surface area contributed by atoms with Crippen molar-refractivity contribution in [2.75, 3.05) is 33.4 Å². The van der Waals surface area contributed by atoms with Gasteiger partial charge in [0.05, 0.1) is 6.61 Å². The third-order valence-electron chi connectivity index (χ3n) is 3.16. The average Bonchev–Trinajstić information content (AvgIpc) is 2.39. The van der Waals surface area contributed by atoms with E-state index in [2.05, 4.69) is 18.3 Å². The molecular weight excluding hydrogens is 242 g/mol. The predicted molar refractivity (Wildman–Crippen MR) is 76.9 cm³/mol. The van der Waals surface area contributed by atoms with E-state index in [1.165, 1.54) is 5.56 Å². The summed E-state index contributed by atoms with van der Waals surface area (Å²) in [5, 5.41) is 12.9. The highest BCUT2D eigenvalue weighted by Crippen LogP contribution is 2.25. The van der Waals surface area contributed by atoms with Crippen LogP contribution in [0.3, 0.4) is 0 Å². The predicted octanol–water partition coefficient (Wildman–Crippen LogP) is 1.59. The third-order valence-corrected chi connectivity index (χ3v) is 3.16. The first kappa shape index (κ1) is 16.0. The van der Waals surface area contributed by atoms with Gasteiger partial charge < -0.3 is 19.9 Å². The summed E-state index contributed by atoms with van der Waals surface area (Å²) in [5.41, 5.74) is 3.44. The summed E-state index contributed by atoms with van der Waals surface area (Å²) >= 11 is 0. The van der Waals surface area contributed by atoms with Gasteiger partial charge in [-0.15, -0.1) is 0 Å². The van der Waals surface area contributed by atoms with Crippen LogP contribution < -0.4 is 10.1 Å². The zero-order chi connectivity index (χ0) is 14.3. The van der Waals surface area contributed by atoms with Gasteiger partial charge >= 0.3 is 0 Å². The van der Waals surface area contributed by atoms with E-state index >= 15 is 0 Å². The van der Waals surface area contributed by atoms with Crippen LogP contribution in [0.15, 0.2) is 12.1 Å². The molecule has 1 atom stereocenters. The molecule has 1 aromatic rings. The van der Waals surface area contributed by atoms with Crippen LogP contribution in [-0.2, 0) is 4.74 Å². The van der Waals surface area contributed by atoms with Gasteiger partial charge in [0.15, 0.2) is 0 Å². The smallest absolute Gasteiger partial charge is 0.125 e. The van der Waals surface area contributed by atoms with Gasteiger partial charge in [-0.25, -0.2) is 0 Å². The normalized spacial score (nSPS) is 12.5. The number of ether oxygens (including phenoxy) is 2. The fraction of sp³-hybridized carbons (Fsp3) is 0.600. The van der Waals surface area contributed by atoms with E-state index in [0.717, 1.165) is 23.4 Å². The molecule has 1 aromatic carbocycles. The number of hydrogen-bond acceptors (Lipinski definition) is 4. The molecule has 0 aliphatic rings. The number of rotatable bonds is 8. The van der Waals surface area contributed by atoms with Crippen molar-refractivity contribution in [3.8, 4) is 5.75 Å². The zero-order valence-electron chi connectivity index (χ0n) is 12.3. The molecule has 0 aliphatic carbocycles. The molecule has 0 fully saturated rings. The second-order valence-electron chi connectivity index (χ2n) is 4.82. The van der Waals surface area contributed by atoms with E-state index < -0.39 is 6.10 Å². The molecular formula is C15H25NO3. The maximum atomic E-state index is 9.83. The monoisotopic (exact) mass is 267 g/mol. The van der Waals surface area contributed by atoms with Crippen LogP contribution >= 0.6 is 0 Å². The molecule has 4 nitrogen and oxygen atoms in total. The molecule has 0 bridgehead atoms. The Morgan fingerprint density at radius 1 is 1.21 bits per heavy atom. The topological polar surface area (TPSA) is 50.7 Å². The van der Waals surface area contributed by atoms with Gasteiger partial charge in [-0.2, -0.15) is 0 Å². The minimum absolute atomic E-state index is 0.297. The second-order valence-corrected chi connectivity index (χ2v) is 4.82. The van der Waals surface area contributed by atoms with Gasteiger partial charge in [0, 0.05) is 20.2 Å². The van der Waals surface area contributed by atoms with Gasteiger partial charge in [0.25, 0.3) is 0 Å². The fourth-order valence-corrected chi connectivity index (χ4v) is 1.83. The van der Waals surface area contributed by atoms with Crippen LogP contribution in [-0.4, -0.2) is 44.6 Å². The van der Waals surface area contributed by atoms with Gasteiger partial charge in [0.1, 0.15) is 18.5 Å². The second kappa shape index (κ2) is 8.15. The fourth-order valence-electron chi connectivity index (χ4n) is 1.83. The van der Waals surface area contributed by atoms with E-state index in [-0.39, 0.29) is 0 Å². The maximum absolute atomic E-state index is 9.83. The first-order valence-corrected chi connectivity index (χ1v) is 6.63. The molecule has 0 amide bonds. The van der Waals surface area contributed by atoms with Crippen molar-refractivity contribution >= 4 is 0 Å². The van der Waals surface area contributed by atoms with Crippen molar-refractivity contribution in [2.45, 2.75) is 26.9 Å². The third kappa shape index (κ3) is 5.19. The minimum Gasteiger partial charge on any atom is -0.490 e. The van der Waals surface area contributed by atoms with Crippen LogP contribution in [0, 0.1) is 20.8 Å². The standard InChI is InChI=1S/C15H25NO3/c1-11-5-6-12(2)15(13(11)3)19-10-14(17)9-16-7-8-18-4/h5-6,14,16-17H,7-10H2,1-4H3. The maximum Gasteiger partial charge on any atom is 0.125 e. The Morgan fingerprint density at radius 2 is 1.89 bits per heavy atom. The highest BCUT2D eigenvalue weighted by molar-refractivity contribution is 5.44. The summed E-state index contributed by atoms with van der Waals surface area (Å²) < 4.78 is 10.7. The molecule has 1 unspecified atom stereocenters. The van der Waals surface area contributed by atoms with Gasteiger partial charge in [-0.05, 0) is 37.5 Å². The Morgan fingerprint density at radius 3 is 2.58 bits per heavy atom. The Kier molecular flexibility index (Phi) is 6.84. The van der Waals surface area contributed by atoms with E-state index in [4.69, 9.17) is 9.47 Å². The molecule has 0 saturated carbocycles. The number of hydrogen-bond donors (Lipinski definition) is 2. The van der Waals surface area contributed by atoms with Gasteiger partial charge in [-0.3, -0.25) is 0 Å². The molecule has 19 heavy (non-hydrogen) atoms. The molecule has 1 rings (SSSR count). The van der Waals surface area contributed by atoms with Crippen molar-refractivity contribution in [2.24, 2.45) is 0 Å². The van der Waals surface area contributed by atoms with Crippen LogP contribution in [0.4, 0.5) is 0 Å². The summed E-state index contributed by atoms with van der Waals surface area (Å²) in [4.78, 5) is 0. The van der Waals surface area contributed by atoms with Gasteiger partial charge in [0.2, 0.25) is 0 Å². The summed E-state index contributed by atoms with van der Waals surface area (Å²) in [5.74, 6) is 0.885. The highest BCUT2D eigenvalue weighted by atomic mass is 16.5. The Balaban J connectivity index is 2.42. The van der Waals surface area contributed by atoms with E-state index in [1.54, 1.807) is 7.11 Å². The molecule has 0 heterocycles. The van der Waals surface area contributed by atoms with Crippen molar-refractivity contribution in [1.29, 1.82) is 0 Å². The first-order valence-electron chi connectivity index (χ1n) is 6.63. The van der Waals surface area contributed by atoms with Crippen molar-refractivity contribution in [3.63, 3.8) is 0 Å². The lowest BCUT2D eigenvalue weighted by atomic mass is 10.1. The Hall–Kier alpha value is -1.10. The van der Waals surface area contributed by atoms with Crippen molar-refractivity contribution in [1.82, 2.24) is 5.32 Å². The Bertz CT molecular complexity index is 393. The Labute approximate surface area is 115 Å². The summed E-state index contributed by atoms with van der Waals surface area (Å²) in [7, 11) is 1.66. The summed E-state index contributed by atoms with van der Waals surface area (Å²) in [6.45, 7) is 8.30. The molecule has 0 spiro atoms. The number of aliphatic hydroxyl groups is 1. The van der Waals surface area contributed by atoms with Crippen LogP contribution in [0.5, 0.6) is 5.75 Å². The van der Waals surface area contributed by atoms with E-state index in [9.17, 15) is 5.11 Å². The number of aryl methyl sites for hydroxylation is 2. The van der Waals surface area contributed by atoms with Crippen LogP contribution in [0.25, 0.3) is 0 Å². The van der Waals surface area contributed by atoms with E-state index in [0.29, 0.717) is 19.8 Å². The number of methoxy groups -OCH3 is 1. The first-order chi connectivity index (χ1) is 9.06.